The number of carbonyl (C=O) groups is 1. The van der Waals surface area contributed by atoms with E-state index in [1.165, 1.54) is 0 Å². The second kappa shape index (κ2) is 6.10. The molecule has 0 bridgehead atoms. The molecule has 1 unspecified atom stereocenters. The average molecular weight is 247 g/mol. The second-order valence-electron chi connectivity index (χ2n) is 4.57. The molecule has 0 fully saturated rings. The van der Waals surface area contributed by atoms with E-state index in [9.17, 15) is 4.79 Å². The van der Waals surface area contributed by atoms with Crippen LogP contribution in [-0.2, 0) is 0 Å². The van der Waals surface area contributed by atoms with Gasteiger partial charge in [0.05, 0.1) is 11.4 Å². The molecule has 0 saturated heterocycles. The summed E-state index contributed by atoms with van der Waals surface area (Å²) in [5.41, 5.74) is 7.95. The van der Waals surface area contributed by atoms with E-state index in [0.717, 1.165) is 12.1 Å². The lowest BCUT2D eigenvalue weighted by molar-refractivity contribution is 0.0827. The molecule has 1 atom stereocenters. The summed E-state index contributed by atoms with van der Waals surface area (Å²) in [6.45, 7) is 5.74. The largest absolute Gasteiger partial charge is 0.397 e. The van der Waals surface area contributed by atoms with Gasteiger partial charge in [0.2, 0.25) is 0 Å². The van der Waals surface area contributed by atoms with Gasteiger partial charge in [0.15, 0.2) is 0 Å². The lowest BCUT2D eigenvalue weighted by Crippen LogP contribution is -2.22. The van der Waals surface area contributed by atoms with Gasteiger partial charge in [-0.1, -0.05) is 6.08 Å². The molecule has 98 valence electrons. The number of carbonyl (C=O) groups excluding carboxylic acids is 1. The van der Waals surface area contributed by atoms with Gasteiger partial charge in [-0.15, -0.1) is 6.58 Å². The van der Waals surface area contributed by atoms with Crippen molar-refractivity contribution in [2.24, 2.45) is 0 Å². The maximum Gasteiger partial charge on any atom is 0.253 e. The third-order valence-electron chi connectivity index (χ3n) is 2.63. The smallest absolute Gasteiger partial charge is 0.253 e. The van der Waals surface area contributed by atoms with Gasteiger partial charge in [0.1, 0.15) is 0 Å². The highest BCUT2D eigenvalue weighted by atomic mass is 16.2. The van der Waals surface area contributed by atoms with E-state index < -0.39 is 0 Å². The van der Waals surface area contributed by atoms with Crippen LogP contribution in [0.2, 0.25) is 0 Å². The third kappa shape index (κ3) is 3.52. The van der Waals surface area contributed by atoms with E-state index >= 15 is 0 Å². The molecule has 0 aromatic heterocycles. The Bertz CT molecular complexity index is 441. The summed E-state index contributed by atoms with van der Waals surface area (Å²) in [6.07, 6.45) is 2.69. The molecule has 18 heavy (non-hydrogen) atoms. The first kappa shape index (κ1) is 14.1. The van der Waals surface area contributed by atoms with Crippen LogP contribution >= 0.6 is 0 Å². The van der Waals surface area contributed by atoms with Crippen LogP contribution in [0.4, 0.5) is 11.4 Å². The molecule has 0 aliphatic rings. The number of nitrogen functional groups attached to an aromatic ring is 1. The predicted molar refractivity (Wildman–Crippen MR) is 76.8 cm³/mol. The molecule has 0 saturated carbocycles. The molecule has 0 spiro atoms. The summed E-state index contributed by atoms with van der Waals surface area (Å²) >= 11 is 0. The first-order valence-electron chi connectivity index (χ1n) is 5.94. The Morgan fingerprint density at radius 3 is 2.78 bits per heavy atom. The lowest BCUT2D eigenvalue weighted by atomic mass is 10.1. The van der Waals surface area contributed by atoms with E-state index in [4.69, 9.17) is 5.73 Å². The summed E-state index contributed by atoms with van der Waals surface area (Å²) < 4.78 is 0. The maximum absolute atomic E-state index is 11.9. The normalized spacial score (nSPS) is 11.7. The van der Waals surface area contributed by atoms with E-state index in [1.54, 1.807) is 37.2 Å². The van der Waals surface area contributed by atoms with Crippen LogP contribution < -0.4 is 11.1 Å². The van der Waals surface area contributed by atoms with Crippen LogP contribution in [0.25, 0.3) is 0 Å². The molecule has 0 radical (unpaired) electrons. The predicted octanol–water partition coefficient (Wildman–Crippen LogP) is 2.35. The highest BCUT2D eigenvalue weighted by Gasteiger charge is 2.11. The number of amides is 1. The average Bonchev–Trinajstić information content (AvgIpc) is 2.31. The molecule has 4 heteroatoms. The summed E-state index contributed by atoms with van der Waals surface area (Å²) in [7, 11) is 3.46. The van der Waals surface area contributed by atoms with E-state index in [0.29, 0.717) is 11.3 Å². The number of benzene rings is 1. The molecule has 4 nitrogen and oxygen atoms in total. The van der Waals surface area contributed by atoms with Crippen molar-refractivity contribution in [3.63, 3.8) is 0 Å². The molecule has 0 heterocycles. The SMILES string of the molecule is C=CCC(C)Nc1cc(C(=O)N(C)C)ccc1N. The molecule has 1 amide bonds. The van der Waals surface area contributed by atoms with Gasteiger partial charge >= 0.3 is 0 Å². The second-order valence-corrected chi connectivity index (χ2v) is 4.57. The molecule has 1 aromatic carbocycles. The van der Waals surface area contributed by atoms with Crippen molar-refractivity contribution in [1.29, 1.82) is 0 Å². The lowest BCUT2D eigenvalue weighted by Gasteiger charge is -2.17. The van der Waals surface area contributed by atoms with E-state index in [2.05, 4.69) is 11.9 Å². The van der Waals surface area contributed by atoms with Gasteiger partial charge < -0.3 is 16.0 Å². The van der Waals surface area contributed by atoms with Crippen molar-refractivity contribution in [3.05, 3.63) is 36.4 Å². The zero-order valence-corrected chi connectivity index (χ0v) is 11.2. The van der Waals surface area contributed by atoms with Crippen LogP contribution in [0.5, 0.6) is 0 Å². The zero-order valence-electron chi connectivity index (χ0n) is 11.2. The van der Waals surface area contributed by atoms with E-state index in [1.807, 2.05) is 13.0 Å². The van der Waals surface area contributed by atoms with Gasteiger partial charge in [0, 0.05) is 25.7 Å². The number of nitrogens with one attached hydrogen (secondary N) is 1. The Labute approximate surface area is 108 Å². The standard InChI is InChI=1S/C14H21N3O/c1-5-6-10(2)16-13-9-11(7-8-12(13)15)14(18)17(3)4/h5,7-10,16H,1,6,15H2,2-4H3. The van der Waals surface area contributed by atoms with Crippen LogP contribution in [0, 0.1) is 0 Å². The van der Waals surface area contributed by atoms with Crippen LogP contribution in [0.15, 0.2) is 30.9 Å². The van der Waals surface area contributed by atoms with Crippen molar-refractivity contribution in [2.75, 3.05) is 25.1 Å². The van der Waals surface area contributed by atoms with Gasteiger partial charge in [-0.05, 0) is 31.5 Å². The Hall–Kier alpha value is -1.97. The minimum absolute atomic E-state index is 0.0329. The minimum Gasteiger partial charge on any atom is -0.397 e. The Balaban J connectivity index is 2.94. The molecule has 1 aromatic rings. The van der Waals surface area contributed by atoms with E-state index in [-0.39, 0.29) is 11.9 Å². The van der Waals surface area contributed by atoms with Crippen LogP contribution in [0.3, 0.4) is 0 Å². The summed E-state index contributed by atoms with van der Waals surface area (Å²) in [4.78, 5) is 13.4. The van der Waals surface area contributed by atoms with Crippen molar-refractivity contribution in [1.82, 2.24) is 4.90 Å². The zero-order chi connectivity index (χ0) is 13.7. The fourth-order valence-electron chi connectivity index (χ4n) is 1.65. The summed E-state index contributed by atoms with van der Waals surface area (Å²) in [6, 6.07) is 5.51. The first-order chi connectivity index (χ1) is 8.45. The summed E-state index contributed by atoms with van der Waals surface area (Å²) in [5.74, 6) is -0.0329. The highest BCUT2D eigenvalue weighted by molar-refractivity contribution is 5.95. The fourth-order valence-corrected chi connectivity index (χ4v) is 1.65. The Morgan fingerprint density at radius 2 is 2.22 bits per heavy atom. The first-order valence-corrected chi connectivity index (χ1v) is 5.94. The summed E-state index contributed by atoms with van der Waals surface area (Å²) in [5, 5.41) is 3.28. The molecule has 1 rings (SSSR count). The van der Waals surface area contributed by atoms with Gasteiger partial charge in [-0.2, -0.15) is 0 Å². The van der Waals surface area contributed by atoms with Crippen LogP contribution in [0.1, 0.15) is 23.7 Å². The minimum atomic E-state index is -0.0329. The van der Waals surface area contributed by atoms with Crippen molar-refractivity contribution in [3.8, 4) is 0 Å². The molecule has 3 N–H and O–H groups in total. The Morgan fingerprint density at radius 1 is 1.56 bits per heavy atom. The molecule has 0 aliphatic heterocycles. The van der Waals surface area contributed by atoms with Crippen LogP contribution in [-0.4, -0.2) is 30.9 Å². The van der Waals surface area contributed by atoms with Crippen molar-refractivity contribution < 1.29 is 4.79 Å². The number of nitrogens with zero attached hydrogens (tertiary/aromatic N) is 1. The molecular weight excluding hydrogens is 226 g/mol. The number of nitrogens with two attached hydrogens (primary N) is 1. The van der Waals surface area contributed by atoms with Gasteiger partial charge in [-0.25, -0.2) is 0 Å². The van der Waals surface area contributed by atoms with Gasteiger partial charge in [-0.3, -0.25) is 4.79 Å². The van der Waals surface area contributed by atoms with Crippen molar-refractivity contribution in [2.45, 2.75) is 19.4 Å². The number of hydrogen-bond acceptors (Lipinski definition) is 3. The fraction of sp³-hybridized carbons (Fsp3) is 0.357. The van der Waals surface area contributed by atoms with Crippen molar-refractivity contribution >= 4 is 17.3 Å². The number of rotatable bonds is 5. The Kier molecular flexibility index (Phi) is 4.77. The maximum atomic E-state index is 11.9. The topological polar surface area (TPSA) is 58.4 Å². The number of hydrogen-bond donors (Lipinski definition) is 2. The third-order valence-corrected chi connectivity index (χ3v) is 2.63. The molecular formula is C14H21N3O. The van der Waals surface area contributed by atoms with Gasteiger partial charge in [0.25, 0.3) is 5.91 Å². The quantitative estimate of drug-likeness (QED) is 0.620. The highest BCUT2D eigenvalue weighted by Crippen LogP contribution is 2.22. The molecule has 0 aliphatic carbocycles. The number of anilines is 2. The monoisotopic (exact) mass is 247 g/mol.